The lowest BCUT2D eigenvalue weighted by Gasteiger charge is -2.26. The standard InChI is InChI=1S/C24H33FN2O4/c1-6-29-21-15-19(16-22(30-7-2)23(21)31-8-3)24(28)27(14-13-26(4)5)17-18-11-9-10-12-20(18)25/h9-12,15-16H,6-8,13-14,17H2,1-5H3. The largest absolute Gasteiger partial charge is 0.490 e. The Balaban J connectivity index is 2.44. The van der Waals surface area contributed by atoms with Gasteiger partial charge in [-0.25, -0.2) is 4.39 Å². The third-order valence-corrected chi connectivity index (χ3v) is 4.58. The van der Waals surface area contributed by atoms with Crippen LogP contribution < -0.4 is 14.2 Å². The highest BCUT2D eigenvalue weighted by Gasteiger charge is 2.23. The minimum atomic E-state index is -0.332. The van der Waals surface area contributed by atoms with E-state index in [0.29, 0.717) is 61.3 Å². The minimum absolute atomic E-state index is 0.167. The van der Waals surface area contributed by atoms with Crippen LogP contribution >= 0.6 is 0 Å². The number of carbonyl (C=O) groups is 1. The molecule has 31 heavy (non-hydrogen) atoms. The van der Waals surface area contributed by atoms with Gasteiger partial charge in [0.25, 0.3) is 5.91 Å². The number of benzene rings is 2. The molecule has 0 aliphatic heterocycles. The molecule has 0 aliphatic rings. The van der Waals surface area contributed by atoms with E-state index in [1.807, 2.05) is 39.8 Å². The van der Waals surface area contributed by atoms with E-state index in [1.165, 1.54) is 6.07 Å². The van der Waals surface area contributed by atoms with Gasteiger partial charge in [0.2, 0.25) is 5.75 Å². The first kappa shape index (κ1) is 24.5. The second-order valence-corrected chi connectivity index (χ2v) is 7.22. The average Bonchev–Trinajstić information content (AvgIpc) is 2.74. The van der Waals surface area contributed by atoms with Crippen LogP contribution in [0.25, 0.3) is 0 Å². The van der Waals surface area contributed by atoms with Gasteiger partial charge < -0.3 is 24.0 Å². The maximum atomic E-state index is 14.3. The van der Waals surface area contributed by atoms with Gasteiger partial charge in [-0.3, -0.25) is 4.79 Å². The molecule has 0 aromatic heterocycles. The van der Waals surface area contributed by atoms with E-state index in [4.69, 9.17) is 14.2 Å². The van der Waals surface area contributed by atoms with Crippen LogP contribution in [-0.2, 0) is 6.54 Å². The lowest BCUT2D eigenvalue weighted by Crippen LogP contribution is -2.36. The molecule has 170 valence electrons. The molecule has 7 heteroatoms. The fourth-order valence-corrected chi connectivity index (χ4v) is 3.10. The van der Waals surface area contributed by atoms with Crippen LogP contribution in [-0.4, -0.2) is 62.7 Å². The van der Waals surface area contributed by atoms with Gasteiger partial charge >= 0.3 is 0 Å². The molecule has 0 N–H and O–H groups in total. The molecule has 0 spiro atoms. The first-order chi connectivity index (χ1) is 14.9. The lowest BCUT2D eigenvalue weighted by atomic mass is 10.1. The minimum Gasteiger partial charge on any atom is -0.490 e. The normalized spacial score (nSPS) is 10.8. The summed E-state index contributed by atoms with van der Waals surface area (Å²) in [5.74, 6) is 0.836. The predicted molar refractivity (Wildman–Crippen MR) is 120 cm³/mol. The summed E-state index contributed by atoms with van der Waals surface area (Å²) in [6.07, 6.45) is 0. The quantitative estimate of drug-likeness (QED) is 0.503. The van der Waals surface area contributed by atoms with Crippen molar-refractivity contribution in [3.8, 4) is 17.2 Å². The zero-order valence-corrected chi connectivity index (χ0v) is 19.1. The smallest absolute Gasteiger partial charge is 0.254 e. The van der Waals surface area contributed by atoms with Gasteiger partial charge in [0.1, 0.15) is 5.82 Å². The van der Waals surface area contributed by atoms with Crippen molar-refractivity contribution in [2.24, 2.45) is 0 Å². The van der Waals surface area contributed by atoms with Crippen LogP contribution in [0.4, 0.5) is 4.39 Å². The number of hydrogen-bond acceptors (Lipinski definition) is 5. The molecule has 2 rings (SSSR count). The Hall–Kier alpha value is -2.80. The van der Waals surface area contributed by atoms with Crippen molar-refractivity contribution in [2.45, 2.75) is 27.3 Å². The highest BCUT2D eigenvalue weighted by atomic mass is 19.1. The van der Waals surface area contributed by atoms with Crippen molar-refractivity contribution in [2.75, 3.05) is 47.0 Å². The second-order valence-electron chi connectivity index (χ2n) is 7.22. The van der Waals surface area contributed by atoms with Gasteiger partial charge in [-0.2, -0.15) is 0 Å². The molecule has 0 radical (unpaired) electrons. The third-order valence-electron chi connectivity index (χ3n) is 4.58. The number of nitrogens with zero attached hydrogens (tertiary/aromatic N) is 2. The molecule has 0 unspecified atom stereocenters. The highest BCUT2D eigenvalue weighted by molar-refractivity contribution is 5.95. The monoisotopic (exact) mass is 432 g/mol. The topological polar surface area (TPSA) is 51.2 Å². The molecule has 0 heterocycles. The fourth-order valence-electron chi connectivity index (χ4n) is 3.10. The zero-order chi connectivity index (χ0) is 22.8. The van der Waals surface area contributed by atoms with Gasteiger partial charge in [0.05, 0.1) is 19.8 Å². The Morgan fingerprint density at radius 3 is 2.00 bits per heavy atom. The molecular weight excluding hydrogens is 399 g/mol. The third kappa shape index (κ3) is 6.85. The summed E-state index contributed by atoms with van der Waals surface area (Å²) in [6.45, 7) is 8.15. The van der Waals surface area contributed by atoms with Crippen LogP contribution in [0.5, 0.6) is 17.2 Å². The van der Waals surface area contributed by atoms with Crippen LogP contribution in [0.1, 0.15) is 36.7 Å². The summed E-state index contributed by atoms with van der Waals surface area (Å²) in [6, 6.07) is 9.85. The molecule has 0 saturated heterocycles. The van der Waals surface area contributed by atoms with Crippen LogP contribution in [0.3, 0.4) is 0 Å². The lowest BCUT2D eigenvalue weighted by molar-refractivity contribution is 0.0729. The summed E-state index contributed by atoms with van der Waals surface area (Å²) in [5.41, 5.74) is 0.876. The summed E-state index contributed by atoms with van der Waals surface area (Å²) in [7, 11) is 3.87. The van der Waals surface area contributed by atoms with E-state index in [2.05, 4.69) is 0 Å². The maximum Gasteiger partial charge on any atom is 0.254 e. The van der Waals surface area contributed by atoms with Crippen molar-refractivity contribution in [1.82, 2.24) is 9.80 Å². The molecule has 1 amide bonds. The molecule has 0 atom stereocenters. The molecule has 6 nitrogen and oxygen atoms in total. The number of halogens is 1. The SMILES string of the molecule is CCOc1cc(C(=O)N(CCN(C)C)Cc2ccccc2F)cc(OCC)c1OCC. The summed E-state index contributed by atoms with van der Waals surface area (Å²) in [4.78, 5) is 17.1. The molecule has 2 aromatic carbocycles. The maximum absolute atomic E-state index is 14.3. The van der Waals surface area contributed by atoms with Crippen molar-refractivity contribution in [3.63, 3.8) is 0 Å². The van der Waals surface area contributed by atoms with Crippen molar-refractivity contribution in [1.29, 1.82) is 0 Å². The van der Waals surface area contributed by atoms with Crippen LogP contribution in [0.15, 0.2) is 36.4 Å². The van der Waals surface area contributed by atoms with Crippen molar-refractivity contribution in [3.05, 3.63) is 53.3 Å². The highest BCUT2D eigenvalue weighted by Crippen LogP contribution is 2.39. The van der Waals surface area contributed by atoms with E-state index in [-0.39, 0.29) is 18.3 Å². The molecule has 2 aromatic rings. The number of rotatable bonds is 12. The van der Waals surface area contributed by atoms with Crippen LogP contribution in [0.2, 0.25) is 0 Å². The Bertz CT molecular complexity index is 830. The van der Waals surface area contributed by atoms with E-state index in [1.54, 1.807) is 35.2 Å². The molecule has 0 fully saturated rings. The number of likely N-dealkylation sites (N-methyl/N-ethyl adjacent to an activating group) is 1. The molecule has 0 bridgehead atoms. The van der Waals surface area contributed by atoms with Crippen molar-refractivity contribution < 1.29 is 23.4 Å². The van der Waals surface area contributed by atoms with E-state index in [0.717, 1.165) is 0 Å². The Morgan fingerprint density at radius 2 is 1.48 bits per heavy atom. The van der Waals surface area contributed by atoms with Gasteiger partial charge in [-0.15, -0.1) is 0 Å². The van der Waals surface area contributed by atoms with E-state index in [9.17, 15) is 9.18 Å². The van der Waals surface area contributed by atoms with Crippen molar-refractivity contribution >= 4 is 5.91 Å². The zero-order valence-electron chi connectivity index (χ0n) is 19.1. The molecule has 0 aliphatic carbocycles. The second kappa shape index (κ2) is 12.2. The van der Waals surface area contributed by atoms with E-state index >= 15 is 0 Å². The van der Waals surface area contributed by atoms with Gasteiger partial charge in [-0.1, -0.05) is 18.2 Å². The number of ether oxygens (including phenoxy) is 3. The van der Waals surface area contributed by atoms with Gasteiger partial charge in [0, 0.05) is 30.8 Å². The van der Waals surface area contributed by atoms with E-state index < -0.39 is 0 Å². The fraction of sp³-hybridized carbons (Fsp3) is 0.458. The van der Waals surface area contributed by atoms with Gasteiger partial charge in [-0.05, 0) is 53.1 Å². The van der Waals surface area contributed by atoms with Crippen LogP contribution in [0, 0.1) is 5.82 Å². The molecule has 0 saturated carbocycles. The number of hydrogen-bond donors (Lipinski definition) is 0. The van der Waals surface area contributed by atoms with Gasteiger partial charge in [0.15, 0.2) is 11.5 Å². The summed E-state index contributed by atoms with van der Waals surface area (Å²) < 4.78 is 31.5. The first-order valence-corrected chi connectivity index (χ1v) is 10.6. The Morgan fingerprint density at radius 1 is 0.903 bits per heavy atom. The Labute approximate surface area is 184 Å². The summed E-state index contributed by atoms with van der Waals surface area (Å²) >= 11 is 0. The average molecular weight is 433 g/mol. The summed E-state index contributed by atoms with van der Waals surface area (Å²) in [5, 5.41) is 0. The number of carbonyl (C=O) groups excluding carboxylic acids is 1. The Kier molecular flexibility index (Phi) is 9.59. The predicted octanol–water partition coefficient (Wildman–Crippen LogP) is 4.23. The number of amides is 1. The molecular formula is C24H33FN2O4. The first-order valence-electron chi connectivity index (χ1n) is 10.6.